The second-order valence-corrected chi connectivity index (χ2v) is 10.1. The predicted octanol–water partition coefficient (Wildman–Crippen LogP) is 2.94. The fourth-order valence-electron chi connectivity index (χ4n) is 3.77. The van der Waals surface area contributed by atoms with Crippen molar-refractivity contribution in [2.24, 2.45) is 5.92 Å². The van der Waals surface area contributed by atoms with Crippen LogP contribution in [0.1, 0.15) is 50.8 Å². The fraction of sp³-hybridized carbons (Fsp3) is 0.375. The van der Waals surface area contributed by atoms with Gasteiger partial charge < -0.3 is 19.5 Å². The van der Waals surface area contributed by atoms with Crippen LogP contribution in [0.4, 0.5) is 5.69 Å². The van der Waals surface area contributed by atoms with E-state index >= 15 is 0 Å². The van der Waals surface area contributed by atoms with Crippen molar-refractivity contribution in [1.82, 2.24) is 4.31 Å². The third kappa shape index (κ3) is 5.80. The van der Waals surface area contributed by atoms with Crippen LogP contribution in [-0.2, 0) is 19.5 Å². The molecular weight excluding hydrogens is 476 g/mol. The quantitative estimate of drug-likeness (QED) is 0.570. The molecule has 0 aromatic heterocycles. The molecule has 2 aromatic carbocycles. The number of hydrogen-bond acceptors (Lipinski definition) is 8. The molecule has 11 heteroatoms. The van der Waals surface area contributed by atoms with E-state index in [-0.39, 0.29) is 33.0 Å². The summed E-state index contributed by atoms with van der Waals surface area (Å²) in [6.45, 7) is 2.90. The van der Waals surface area contributed by atoms with Gasteiger partial charge in [-0.3, -0.25) is 4.79 Å². The van der Waals surface area contributed by atoms with E-state index in [9.17, 15) is 22.8 Å². The Morgan fingerprint density at radius 3 is 2.00 bits per heavy atom. The molecule has 1 amide bonds. The number of hydrogen-bond donors (Lipinski definition) is 1. The minimum absolute atomic E-state index is 0.0216. The number of nitrogens with one attached hydrogen (secondary N) is 1. The van der Waals surface area contributed by atoms with Gasteiger partial charge in [-0.15, -0.1) is 0 Å². The van der Waals surface area contributed by atoms with E-state index in [4.69, 9.17) is 14.2 Å². The van der Waals surface area contributed by atoms with Crippen LogP contribution in [0.3, 0.4) is 0 Å². The van der Waals surface area contributed by atoms with E-state index in [0.717, 1.165) is 12.8 Å². The molecule has 35 heavy (non-hydrogen) atoms. The van der Waals surface area contributed by atoms with Gasteiger partial charge in [0.05, 0.1) is 42.9 Å². The third-order valence-corrected chi connectivity index (χ3v) is 7.72. The van der Waals surface area contributed by atoms with Crippen LogP contribution in [0, 0.1) is 5.92 Å². The van der Waals surface area contributed by atoms with Crippen molar-refractivity contribution in [2.75, 3.05) is 39.7 Å². The molecule has 1 aliphatic heterocycles. The first kappa shape index (κ1) is 26.2. The van der Waals surface area contributed by atoms with Gasteiger partial charge >= 0.3 is 11.9 Å². The molecule has 1 aliphatic rings. The van der Waals surface area contributed by atoms with E-state index < -0.39 is 27.9 Å². The summed E-state index contributed by atoms with van der Waals surface area (Å²) in [6, 6.07) is 8.01. The monoisotopic (exact) mass is 504 g/mol. The van der Waals surface area contributed by atoms with E-state index in [1.165, 1.54) is 62.0 Å². The van der Waals surface area contributed by atoms with Crippen LogP contribution in [0.2, 0.25) is 0 Å². The van der Waals surface area contributed by atoms with Gasteiger partial charge in [0.1, 0.15) is 5.75 Å². The van der Waals surface area contributed by atoms with E-state index in [1.54, 1.807) is 0 Å². The minimum atomic E-state index is -3.81. The maximum atomic E-state index is 13.2. The SMILES string of the molecule is COC(=O)c1cc(NC(=O)c2cc(S(=O)(=O)N3CCC(C)CC3)ccc2OC)cc(C(=O)OC)c1. The number of carbonyl (C=O) groups is 3. The molecule has 0 unspecified atom stereocenters. The average molecular weight is 505 g/mol. The highest BCUT2D eigenvalue weighted by atomic mass is 32.2. The molecule has 0 radical (unpaired) electrons. The lowest BCUT2D eigenvalue weighted by Crippen LogP contribution is -2.37. The van der Waals surface area contributed by atoms with Crippen molar-refractivity contribution in [1.29, 1.82) is 0 Å². The number of carbonyl (C=O) groups excluding carboxylic acids is 3. The highest BCUT2D eigenvalue weighted by molar-refractivity contribution is 7.89. The Bertz CT molecular complexity index is 1200. The lowest BCUT2D eigenvalue weighted by atomic mass is 10.0. The number of benzene rings is 2. The predicted molar refractivity (Wildman–Crippen MR) is 127 cm³/mol. The van der Waals surface area contributed by atoms with E-state index in [2.05, 4.69) is 12.2 Å². The zero-order valence-corrected chi connectivity index (χ0v) is 20.8. The second kappa shape index (κ2) is 10.9. The smallest absolute Gasteiger partial charge is 0.337 e. The first-order valence-corrected chi connectivity index (χ1v) is 12.4. The minimum Gasteiger partial charge on any atom is -0.496 e. The normalized spacial score (nSPS) is 14.7. The summed E-state index contributed by atoms with van der Waals surface area (Å²) >= 11 is 0. The lowest BCUT2D eigenvalue weighted by Gasteiger charge is -2.29. The van der Waals surface area contributed by atoms with Crippen molar-refractivity contribution in [3.63, 3.8) is 0 Å². The highest BCUT2D eigenvalue weighted by Crippen LogP contribution is 2.28. The summed E-state index contributed by atoms with van der Waals surface area (Å²) in [5, 5.41) is 2.59. The number of amides is 1. The van der Waals surface area contributed by atoms with Gasteiger partial charge in [-0.2, -0.15) is 4.31 Å². The topological polar surface area (TPSA) is 128 Å². The Morgan fingerprint density at radius 2 is 1.49 bits per heavy atom. The van der Waals surface area contributed by atoms with Gasteiger partial charge in [0.15, 0.2) is 0 Å². The van der Waals surface area contributed by atoms with E-state index in [1.807, 2.05) is 0 Å². The summed E-state index contributed by atoms with van der Waals surface area (Å²) in [6.07, 6.45) is 1.53. The Labute approximate surface area is 204 Å². The molecule has 188 valence electrons. The van der Waals surface area contributed by atoms with Crippen LogP contribution < -0.4 is 10.1 Å². The standard InChI is InChI=1S/C24H28N2O8S/c1-15-7-9-26(10-8-15)35(30,31)19-5-6-21(32-2)20(14-19)22(27)25-18-12-16(23(28)33-3)11-17(13-18)24(29)34-4/h5-6,11-15H,7-10H2,1-4H3,(H,25,27). The molecule has 1 N–H and O–H groups in total. The van der Waals surface area contributed by atoms with Crippen molar-refractivity contribution in [2.45, 2.75) is 24.7 Å². The van der Waals surface area contributed by atoms with Gasteiger partial charge in [-0.05, 0) is 55.2 Å². The number of esters is 2. The maximum Gasteiger partial charge on any atom is 0.337 e. The molecule has 3 rings (SSSR count). The van der Waals surface area contributed by atoms with Gasteiger partial charge in [-0.1, -0.05) is 6.92 Å². The van der Waals surface area contributed by atoms with Gasteiger partial charge in [0.25, 0.3) is 5.91 Å². The highest BCUT2D eigenvalue weighted by Gasteiger charge is 2.29. The molecule has 2 aromatic rings. The van der Waals surface area contributed by atoms with Crippen molar-refractivity contribution in [3.05, 3.63) is 53.1 Å². The number of ether oxygens (including phenoxy) is 3. The van der Waals surface area contributed by atoms with Crippen LogP contribution >= 0.6 is 0 Å². The third-order valence-electron chi connectivity index (χ3n) is 5.83. The molecule has 10 nitrogen and oxygen atoms in total. The summed E-state index contributed by atoms with van der Waals surface area (Å²) in [7, 11) is -0.0745. The first-order chi connectivity index (χ1) is 16.6. The average Bonchev–Trinajstić information content (AvgIpc) is 2.87. The van der Waals surface area contributed by atoms with Crippen molar-refractivity contribution >= 4 is 33.6 Å². The molecule has 1 fully saturated rings. The summed E-state index contributed by atoms with van der Waals surface area (Å²) in [5.74, 6) is -1.51. The van der Waals surface area contributed by atoms with Crippen LogP contribution in [0.25, 0.3) is 0 Å². The fourth-order valence-corrected chi connectivity index (χ4v) is 5.27. The number of piperidine rings is 1. The van der Waals surface area contributed by atoms with Crippen molar-refractivity contribution < 1.29 is 37.0 Å². The largest absolute Gasteiger partial charge is 0.496 e. The van der Waals surface area contributed by atoms with Crippen molar-refractivity contribution in [3.8, 4) is 5.75 Å². The number of anilines is 1. The zero-order chi connectivity index (χ0) is 25.8. The Balaban J connectivity index is 1.96. The zero-order valence-electron chi connectivity index (χ0n) is 20.0. The van der Waals surface area contributed by atoms with Gasteiger partial charge in [0.2, 0.25) is 10.0 Å². The maximum absolute atomic E-state index is 13.2. The molecule has 1 heterocycles. The molecule has 0 aliphatic carbocycles. The van der Waals surface area contributed by atoms with E-state index in [0.29, 0.717) is 19.0 Å². The van der Waals surface area contributed by atoms with Crippen LogP contribution in [0.15, 0.2) is 41.3 Å². The molecule has 0 bridgehead atoms. The lowest BCUT2D eigenvalue weighted by molar-refractivity contribution is 0.0598. The second-order valence-electron chi connectivity index (χ2n) is 8.19. The number of nitrogens with zero attached hydrogens (tertiary/aromatic N) is 1. The molecule has 0 atom stereocenters. The summed E-state index contributed by atoms with van der Waals surface area (Å²) < 4.78 is 42.5. The summed E-state index contributed by atoms with van der Waals surface area (Å²) in [5.41, 5.74) is 0.127. The van der Waals surface area contributed by atoms with Gasteiger partial charge in [0, 0.05) is 18.8 Å². The number of methoxy groups -OCH3 is 3. The number of sulfonamides is 1. The molecule has 0 saturated carbocycles. The van der Waals surface area contributed by atoms with Crippen LogP contribution in [0.5, 0.6) is 5.75 Å². The van der Waals surface area contributed by atoms with Gasteiger partial charge in [-0.25, -0.2) is 18.0 Å². The molecular formula is C24H28N2O8S. The summed E-state index contributed by atoms with van der Waals surface area (Å²) in [4.78, 5) is 37.2. The number of rotatable bonds is 7. The van der Waals surface area contributed by atoms with Crippen LogP contribution in [-0.4, -0.2) is 65.0 Å². The molecule has 1 saturated heterocycles. The molecule has 0 spiro atoms. The Kier molecular flexibility index (Phi) is 8.13. The first-order valence-electron chi connectivity index (χ1n) is 10.9. The Morgan fingerprint density at radius 1 is 0.914 bits per heavy atom. The Hall–Kier alpha value is -3.44.